The predicted octanol–water partition coefficient (Wildman–Crippen LogP) is 9.52. The molecule has 0 aliphatic heterocycles. The molecular weight excluding hydrogens is 607 g/mol. The Morgan fingerprint density at radius 3 is 1.44 bits per heavy atom. The molecule has 0 radical (unpaired) electrons. The van der Waals surface area contributed by atoms with Crippen LogP contribution in [0.1, 0.15) is 83.1 Å². The minimum absolute atomic E-state index is 0. The van der Waals surface area contributed by atoms with Gasteiger partial charge < -0.3 is 0 Å². The van der Waals surface area contributed by atoms with Crippen molar-refractivity contribution in [3.63, 3.8) is 0 Å². The van der Waals surface area contributed by atoms with Gasteiger partial charge >= 0.3 is 17.1 Å². The van der Waals surface area contributed by atoms with Crippen LogP contribution in [0, 0.1) is 0 Å². The normalized spacial score (nSPS) is 12.8. The summed E-state index contributed by atoms with van der Waals surface area (Å²) >= 11 is 12.4. The van der Waals surface area contributed by atoms with Crippen LogP contribution in [0.3, 0.4) is 0 Å². The van der Waals surface area contributed by atoms with Crippen LogP contribution in [-0.4, -0.2) is 20.6 Å². The summed E-state index contributed by atoms with van der Waals surface area (Å²) in [5, 5.41) is 5.45. The van der Waals surface area contributed by atoms with Crippen LogP contribution in [0.5, 0.6) is 0 Å². The monoisotopic (exact) mass is 648 g/mol. The Morgan fingerprint density at radius 1 is 0.750 bits per heavy atom. The molecule has 0 amide bonds. The van der Waals surface area contributed by atoms with Crippen LogP contribution >= 0.6 is 39.0 Å². The predicted molar refractivity (Wildman–Crippen MR) is 146 cm³/mol. The Hall–Kier alpha value is 1.32. The molecule has 0 aliphatic rings. The molecule has 0 saturated carbocycles. The standard InChI is InChI=1S/C13H20Cl2P.C13H22P.Fe.Pd/c1-12(2,3)16(13(4,5)6)10-8-7-9(14)11(10)15;1-12(2,3)14(13(4,5)6)11-9-7-8-10-11;;/h7-8H,1-6H3;7-10H,1-6H3;;/q2*-1;+2;. The van der Waals surface area contributed by atoms with Gasteiger partial charge in [0.2, 0.25) is 0 Å². The second-order valence-electron chi connectivity index (χ2n) is 11.9. The van der Waals surface area contributed by atoms with Crippen molar-refractivity contribution in [1.29, 1.82) is 0 Å². The van der Waals surface area contributed by atoms with Gasteiger partial charge in [0.15, 0.2) is 0 Å². The summed E-state index contributed by atoms with van der Waals surface area (Å²) in [6.07, 6.45) is 0. The third-order valence-electron chi connectivity index (χ3n) is 4.65. The molecule has 0 nitrogen and oxygen atoms in total. The van der Waals surface area contributed by atoms with Crippen LogP contribution in [-0.2, 0) is 37.5 Å². The smallest absolute Gasteiger partial charge is 0.213 e. The van der Waals surface area contributed by atoms with Gasteiger partial charge in [-0.1, -0.05) is 101 Å². The average molecular weight is 650 g/mol. The summed E-state index contributed by atoms with van der Waals surface area (Å²) in [6.45, 7) is 27.8. The van der Waals surface area contributed by atoms with Crippen LogP contribution < -0.4 is 10.6 Å². The van der Waals surface area contributed by atoms with Crippen molar-refractivity contribution in [1.82, 2.24) is 0 Å². The fourth-order valence-electron chi connectivity index (χ4n) is 4.62. The van der Waals surface area contributed by atoms with Gasteiger partial charge in [0, 0.05) is 20.4 Å². The Kier molecular flexibility index (Phi) is 14.5. The molecule has 188 valence electrons. The molecule has 0 saturated heterocycles. The first-order valence-electron chi connectivity index (χ1n) is 10.7. The zero-order valence-corrected chi connectivity index (χ0v) is 27.7. The van der Waals surface area contributed by atoms with Gasteiger partial charge in [-0.25, -0.2) is 12.1 Å². The van der Waals surface area contributed by atoms with E-state index in [1.807, 2.05) is 6.07 Å². The maximum Gasteiger partial charge on any atom is 2.00 e. The van der Waals surface area contributed by atoms with Crippen molar-refractivity contribution in [3.05, 3.63) is 46.4 Å². The number of hydrogen-bond donors (Lipinski definition) is 0. The topological polar surface area (TPSA) is 0 Å². The van der Waals surface area contributed by atoms with E-state index in [9.17, 15) is 0 Å². The van der Waals surface area contributed by atoms with E-state index in [0.29, 0.717) is 15.3 Å². The molecule has 2 aromatic rings. The zero-order chi connectivity index (χ0) is 23.7. The third kappa shape index (κ3) is 10.1. The van der Waals surface area contributed by atoms with Crippen molar-refractivity contribution in [2.75, 3.05) is 0 Å². The van der Waals surface area contributed by atoms with E-state index in [2.05, 4.69) is 113 Å². The molecule has 0 heterocycles. The maximum absolute atomic E-state index is 6.30. The molecule has 0 spiro atoms. The molecule has 32 heavy (non-hydrogen) atoms. The van der Waals surface area contributed by atoms with Gasteiger partial charge in [-0.3, -0.25) is 0 Å². The van der Waals surface area contributed by atoms with Crippen molar-refractivity contribution in [2.45, 2.75) is 104 Å². The number of rotatable bonds is 2. The third-order valence-corrected chi connectivity index (χ3v) is 12.6. The molecular formula is C26H42Cl2FeP2Pd. The molecule has 0 aliphatic carbocycles. The Labute approximate surface area is 235 Å². The van der Waals surface area contributed by atoms with Crippen molar-refractivity contribution in [3.8, 4) is 0 Å². The fraction of sp³-hybridized carbons (Fsp3) is 0.615. The first-order valence-corrected chi connectivity index (χ1v) is 14.1. The van der Waals surface area contributed by atoms with Gasteiger partial charge in [0.1, 0.15) is 0 Å². The van der Waals surface area contributed by atoms with E-state index in [1.54, 1.807) is 5.30 Å². The summed E-state index contributed by atoms with van der Waals surface area (Å²) < 4.78 is 0. The zero-order valence-electron chi connectivity index (χ0n) is 21.8. The van der Waals surface area contributed by atoms with Gasteiger partial charge in [-0.2, -0.15) is 35.9 Å². The molecule has 0 atom stereocenters. The van der Waals surface area contributed by atoms with Crippen molar-refractivity contribution in [2.24, 2.45) is 0 Å². The minimum atomic E-state index is -0.354. The molecule has 0 unspecified atom stereocenters. The molecule has 0 aromatic heterocycles. The molecule has 2 rings (SSSR count). The first-order chi connectivity index (χ1) is 13.3. The van der Waals surface area contributed by atoms with E-state index in [4.69, 9.17) is 23.2 Å². The van der Waals surface area contributed by atoms with Crippen LogP contribution in [0.4, 0.5) is 0 Å². The fourth-order valence-corrected chi connectivity index (χ4v) is 13.3. The van der Waals surface area contributed by atoms with Gasteiger partial charge in [-0.05, 0) is 20.6 Å². The molecule has 2 aromatic carbocycles. The summed E-state index contributed by atoms with van der Waals surface area (Å²) in [5.74, 6) is 0. The summed E-state index contributed by atoms with van der Waals surface area (Å²) in [4.78, 5) is 0. The van der Waals surface area contributed by atoms with E-state index >= 15 is 0 Å². The van der Waals surface area contributed by atoms with E-state index in [1.165, 1.54) is 5.30 Å². The Morgan fingerprint density at radius 2 is 1.19 bits per heavy atom. The van der Waals surface area contributed by atoms with Crippen LogP contribution in [0.25, 0.3) is 0 Å². The van der Waals surface area contributed by atoms with Crippen molar-refractivity contribution >= 4 is 49.7 Å². The SMILES string of the molecule is CC(C)(C)P([c-]1ccc(Cl)c1Cl)C(C)(C)C.CC(C)(C)P(c1ccc[cH-]1)C(C)(C)C.[Fe+2].[Pd]. The van der Waals surface area contributed by atoms with Gasteiger partial charge in [-0.15, -0.1) is 30.1 Å². The summed E-state index contributed by atoms with van der Waals surface area (Å²) in [6, 6.07) is 12.9. The molecule has 0 bridgehead atoms. The largest absolute Gasteiger partial charge is 2.00 e. The first kappa shape index (κ1) is 35.5. The Balaban J connectivity index is 0. The van der Waals surface area contributed by atoms with Gasteiger partial charge in [0.05, 0.1) is 0 Å². The van der Waals surface area contributed by atoms with Crippen molar-refractivity contribution < 1.29 is 37.5 Å². The average Bonchev–Trinajstić information content (AvgIpc) is 3.08. The maximum atomic E-state index is 6.30. The second kappa shape index (κ2) is 13.0. The molecule has 0 N–H and O–H groups in total. The Bertz CT molecular complexity index is 758. The quantitative estimate of drug-likeness (QED) is 0.173. The van der Waals surface area contributed by atoms with E-state index < -0.39 is 0 Å². The van der Waals surface area contributed by atoms with Crippen LogP contribution in [0.15, 0.2) is 36.4 Å². The van der Waals surface area contributed by atoms with E-state index in [0.717, 1.165) is 5.02 Å². The van der Waals surface area contributed by atoms with Gasteiger partial charge in [0.25, 0.3) is 0 Å². The molecule has 6 heteroatoms. The summed E-state index contributed by atoms with van der Waals surface area (Å²) in [7, 11) is -0.455. The number of hydrogen-bond acceptors (Lipinski definition) is 0. The minimum Gasteiger partial charge on any atom is -0.213 e. The molecule has 0 fully saturated rings. The second-order valence-corrected chi connectivity index (χ2v) is 20.4. The van der Waals surface area contributed by atoms with E-state index in [-0.39, 0.29) is 63.6 Å². The number of halogens is 2. The summed E-state index contributed by atoms with van der Waals surface area (Å²) in [5.41, 5.74) is 0. The van der Waals surface area contributed by atoms with Crippen LogP contribution in [0.2, 0.25) is 10.0 Å².